The van der Waals surface area contributed by atoms with Crippen LogP contribution in [0.15, 0.2) is 42.5 Å². The lowest BCUT2D eigenvalue weighted by Crippen LogP contribution is -2.16. The average molecular weight is 285 g/mol. The minimum Gasteiger partial charge on any atom is -0.497 e. The fraction of sp³-hybridized carbons (Fsp3) is 0.188. The molecular formula is C16H19N3O2. The number of carbonyl (C=O) groups excluding carboxylic acids is 1. The number of methoxy groups -OCH3 is 1. The molecule has 0 radical (unpaired) electrons. The summed E-state index contributed by atoms with van der Waals surface area (Å²) in [5.41, 5.74) is 8.40. The minimum atomic E-state index is -0.227. The van der Waals surface area contributed by atoms with Crippen molar-refractivity contribution in [2.75, 3.05) is 37.2 Å². The summed E-state index contributed by atoms with van der Waals surface area (Å²) >= 11 is 0. The third-order valence-corrected chi connectivity index (χ3v) is 3.06. The zero-order valence-corrected chi connectivity index (χ0v) is 12.4. The monoisotopic (exact) mass is 285 g/mol. The van der Waals surface area contributed by atoms with Gasteiger partial charge in [0, 0.05) is 31.4 Å². The molecule has 110 valence electrons. The number of carbonyl (C=O) groups is 1. The smallest absolute Gasteiger partial charge is 0.255 e. The topological polar surface area (TPSA) is 67.6 Å². The first kappa shape index (κ1) is 14.7. The number of ether oxygens (including phenoxy) is 1. The van der Waals surface area contributed by atoms with Gasteiger partial charge in [-0.1, -0.05) is 12.1 Å². The van der Waals surface area contributed by atoms with Gasteiger partial charge < -0.3 is 20.7 Å². The molecule has 3 N–H and O–H groups in total. The standard InChI is InChI=1S/C16H19N3O2/c1-19(2)15-7-5-4-6-14(15)18-16(20)11-8-12(17)10-13(9-11)21-3/h4-10H,17H2,1-3H3,(H,18,20). The average Bonchev–Trinajstić information content (AvgIpc) is 2.46. The van der Waals surface area contributed by atoms with Crippen molar-refractivity contribution < 1.29 is 9.53 Å². The van der Waals surface area contributed by atoms with Gasteiger partial charge in [0.2, 0.25) is 0 Å². The fourth-order valence-electron chi connectivity index (χ4n) is 2.03. The van der Waals surface area contributed by atoms with Crippen LogP contribution in [0.1, 0.15) is 10.4 Å². The van der Waals surface area contributed by atoms with Crippen molar-refractivity contribution in [3.8, 4) is 5.75 Å². The maximum atomic E-state index is 12.4. The predicted molar refractivity (Wildman–Crippen MR) is 86.1 cm³/mol. The molecule has 5 heteroatoms. The SMILES string of the molecule is COc1cc(N)cc(C(=O)Nc2ccccc2N(C)C)c1. The molecule has 0 saturated heterocycles. The van der Waals surface area contributed by atoms with Crippen LogP contribution in [0.3, 0.4) is 0 Å². The quantitative estimate of drug-likeness (QED) is 0.847. The van der Waals surface area contributed by atoms with Gasteiger partial charge in [0.1, 0.15) is 5.75 Å². The van der Waals surface area contributed by atoms with E-state index >= 15 is 0 Å². The molecule has 0 aliphatic heterocycles. The highest BCUT2D eigenvalue weighted by Crippen LogP contribution is 2.25. The molecule has 0 spiro atoms. The molecule has 2 rings (SSSR count). The van der Waals surface area contributed by atoms with Gasteiger partial charge in [-0.2, -0.15) is 0 Å². The molecule has 2 aromatic rings. The number of hydrogen-bond donors (Lipinski definition) is 2. The number of nitrogens with zero attached hydrogens (tertiary/aromatic N) is 1. The van der Waals surface area contributed by atoms with E-state index in [0.717, 1.165) is 11.4 Å². The van der Waals surface area contributed by atoms with E-state index in [4.69, 9.17) is 10.5 Å². The summed E-state index contributed by atoms with van der Waals surface area (Å²) in [6.07, 6.45) is 0. The van der Waals surface area contributed by atoms with Crippen molar-refractivity contribution in [3.05, 3.63) is 48.0 Å². The number of benzene rings is 2. The lowest BCUT2D eigenvalue weighted by molar-refractivity contribution is 0.102. The number of nitrogen functional groups attached to an aromatic ring is 1. The second-order valence-electron chi connectivity index (χ2n) is 4.86. The van der Waals surface area contributed by atoms with Crippen molar-refractivity contribution in [1.82, 2.24) is 0 Å². The van der Waals surface area contributed by atoms with Crippen molar-refractivity contribution in [3.63, 3.8) is 0 Å². The molecule has 0 unspecified atom stereocenters. The van der Waals surface area contributed by atoms with E-state index < -0.39 is 0 Å². The summed E-state index contributed by atoms with van der Waals surface area (Å²) in [5, 5.41) is 2.89. The molecule has 0 aliphatic carbocycles. The summed E-state index contributed by atoms with van der Waals surface area (Å²) < 4.78 is 5.13. The summed E-state index contributed by atoms with van der Waals surface area (Å²) in [4.78, 5) is 14.3. The molecule has 0 bridgehead atoms. The number of amides is 1. The van der Waals surface area contributed by atoms with Crippen LogP contribution in [0.5, 0.6) is 5.75 Å². The molecule has 0 fully saturated rings. The van der Waals surface area contributed by atoms with Crippen LogP contribution in [0.25, 0.3) is 0 Å². The zero-order chi connectivity index (χ0) is 15.4. The summed E-state index contributed by atoms with van der Waals surface area (Å²) in [6.45, 7) is 0. The first-order valence-corrected chi connectivity index (χ1v) is 6.53. The first-order chi connectivity index (χ1) is 10.0. The van der Waals surface area contributed by atoms with Gasteiger partial charge >= 0.3 is 0 Å². The Balaban J connectivity index is 2.28. The zero-order valence-electron chi connectivity index (χ0n) is 12.4. The van der Waals surface area contributed by atoms with E-state index in [1.165, 1.54) is 7.11 Å². The van der Waals surface area contributed by atoms with Crippen LogP contribution >= 0.6 is 0 Å². The van der Waals surface area contributed by atoms with Crippen molar-refractivity contribution in [1.29, 1.82) is 0 Å². The van der Waals surface area contributed by atoms with Crippen molar-refractivity contribution >= 4 is 23.0 Å². The van der Waals surface area contributed by atoms with Crippen LogP contribution in [0, 0.1) is 0 Å². The van der Waals surface area contributed by atoms with Gasteiger partial charge in [-0.25, -0.2) is 0 Å². The Morgan fingerprint density at radius 2 is 1.90 bits per heavy atom. The number of para-hydroxylation sites is 2. The Bertz CT molecular complexity index is 654. The number of nitrogens with one attached hydrogen (secondary N) is 1. The first-order valence-electron chi connectivity index (χ1n) is 6.53. The third kappa shape index (κ3) is 3.45. The van der Waals surface area contributed by atoms with Gasteiger partial charge in [-0.05, 0) is 24.3 Å². The maximum Gasteiger partial charge on any atom is 0.255 e. The number of nitrogens with two attached hydrogens (primary N) is 1. The van der Waals surface area contributed by atoms with Crippen LogP contribution in [-0.4, -0.2) is 27.1 Å². The minimum absolute atomic E-state index is 0.227. The molecule has 0 heterocycles. The molecule has 21 heavy (non-hydrogen) atoms. The number of hydrogen-bond acceptors (Lipinski definition) is 4. The van der Waals surface area contributed by atoms with Gasteiger partial charge in [0.05, 0.1) is 18.5 Å². The summed E-state index contributed by atoms with van der Waals surface area (Å²) in [6, 6.07) is 12.5. The van der Waals surface area contributed by atoms with E-state index in [9.17, 15) is 4.79 Å². The molecule has 0 aliphatic rings. The van der Waals surface area contributed by atoms with Crippen molar-refractivity contribution in [2.24, 2.45) is 0 Å². The van der Waals surface area contributed by atoms with Gasteiger partial charge in [0.25, 0.3) is 5.91 Å². The summed E-state index contributed by atoms with van der Waals surface area (Å²) in [5.74, 6) is 0.330. The largest absolute Gasteiger partial charge is 0.497 e. The third-order valence-electron chi connectivity index (χ3n) is 3.06. The molecule has 0 saturated carbocycles. The van der Waals surface area contributed by atoms with E-state index in [1.807, 2.05) is 43.3 Å². The highest BCUT2D eigenvalue weighted by atomic mass is 16.5. The molecule has 5 nitrogen and oxygen atoms in total. The Morgan fingerprint density at radius 1 is 1.19 bits per heavy atom. The highest BCUT2D eigenvalue weighted by molar-refractivity contribution is 6.06. The fourth-order valence-corrected chi connectivity index (χ4v) is 2.03. The van der Waals surface area contributed by atoms with Crippen LogP contribution in [0.2, 0.25) is 0 Å². The normalized spacial score (nSPS) is 10.0. The van der Waals surface area contributed by atoms with Crippen LogP contribution in [0.4, 0.5) is 17.1 Å². The lowest BCUT2D eigenvalue weighted by atomic mass is 10.1. The Labute approximate surface area is 124 Å². The lowest BCUT2D eigenvalue weighted by Gasteiger charge is -2.18. The van der Waals surface area contributed by atoms with E-state index in [0.29, 0.717) is 17.0 Å². The maximum absolute atomic E-state index is 12.4. The van der Waals surface area contributed by atoms with Gasteiger partial charge in [-0.15, -0.1) is 0 Å². The molecular weight excluding hydrogens is 266 g/mol. The molecule has 2 aromatic carbocycles. The number of anilines is 3. The van der Waals surface area contributed by atoms with Crippen LogP contribution in [-0.2, 0) is 0 Å². The van der Waals surface area contributed by atoms with Gasteiger partial charge in [0.15, 0.2) is 0 Å². The molecule has 0 atom stereocenters. The van der Waals surface area contributed by atoms with Crippen LogP contribution < -0.4 is 20.7 Å². The predicted octanol–water partition coefficient (Wildman–Crippen LogP) is 2.60. The highest BCUT2D eigenvalue weighted by Gasteiger charge is 2.11. The van der Waals surface area contributed by atoms with Gasteiger partial charge in [-0.3, -0.25) is 4.79 Å². The second kappa shape index (κ2) is 6.17. The number of rotatable bonds is 4. The summed E-state index contributed by atoms with van der Waals surface area (Å²) in [7, 11) is 5.39. The van der Waals surface area contributed by atoms with E-state index in [1.54, 1.807) is 18.2 Å². The second-order valence-corrected chi connectivity index (χ2v) is 4.86. The van der Waals surface area contributed by atoms with Crippen molar-refractivity contribution in [2.45, 2.75) is 0 Å². The van der Waals surface area contributed by atoms with E-state index in [-0.39, 0.29) is 5.91 Å². The Kier molecular flexibility index (Phi) is 4.33. The molecule has 0 aromatic heterocycles. The Hall–Kier alpha value is -2.69. The van der Waals surface area contributed by atoms with E-state index in [2.05, 4.69) is 5.32 Å². The molecule has 1 amide bonds. The Morgan fingerprint density at radius 3 is 2.57 bits per heavy atom.